The van der Waals surface area contributed by atoms with Crippen molar-refractivity contribution in [3.63, 3.8) is 0 Å². The van der Waals surface area contributed by atoms with Gasteiger partial charge in [-0.3, -0.25) is 9.79 Å². The Morgan fingerprint density at radius 1 is 1.19 bits per heavy atom. The highest BCUT2D eigenvalue weighted by atomic mass is 19.4. The van der Waals surface area contributed by atoms with E-state index in [1.165, 1.54) is 35.2 Å². The van der Waals surface area contributed by atoms with Crippen LogP contribution in [0.15, 0.2) is 65.2 Å². The monoisotopic (exact) mass is 516 g/mol. The first-order valence-corrected chi connectivity index (χ1v) is 11.1. The summed E-state index contributed by atoms with van der Waals surface area (Å²) in [4.78, 5) is 21.6. The van der Waals surface area contributed by atoms with E-state index < -0.39 is 36.2 Å². The zero-order valence-electron chi connectivity index (χ0n) is 19.5. The largest absolute Gasteiger partial charge is 0.406 e. The van der Waals surface area contributed by atoms with Gasteiger partial charge in [-0.1, -0.05) is 12.1 Å². The number of hydrogen-bond donors (Lipinski definition) is 1. The van der Waals surface area contributed by atoms with E-state index in [2.05, 4.69) is 15.1 Å². The molecule has 1 aromatic heterocycles. The minimum absolute atomic E-state index is 0.0250. The van der Waals surface area contributed by atoms with Gasteiger partial charge in [0.1, 0.15) is 23.9 Å². The topological polar surface area (TPSA) is 86.7 Å². The van der Waals surface area contributed by atoms with Gasteiger partial charge in [-0.15, -0.1) is 0 Å². The number of imidazole rings is 1. The van der Waals surface area contributed by atoms with Gasteiger partial charge in [0, 0.05) is 23.5 Å². The summed E-state index contributed by atoms with van der Waals surface area (Å²) in [5.41, 5.74) is 8.46. The zero-order chi connectivity index (χ0) is 26.7. The molecule has 1 N–H and O–H groups in total. The first-order valence-electron chi connectivity index (χ1n) is 11.1. The average Bonchev–Trinajstić information content (AvgIpc) is 3.22. The van der Waals surface area contributed by atoms with Crippen LogP contribution in [0, 0.1) is 30.0 Å². The fourth-order valence-corrected chi connectivity index (χ4v) is 4.08. The number of rotatable bonds is 6. The van der Waals surface area contributed by atoms with Crippen LogP contribution >= 0.6 is 0 Å². The normalized spacial score (nSPS) is 16.7. The van der Waals surface area contributed by atoms with Crippen LogP contribution in [0.25, 0.3) is 11.4 Å². The summed E-state index contributed by atoms with van der Waals surface area (Å²) in [6.07, 6.45) is 0.706. The van der Waals surface area contributed by atoms with Crippen LogP contribution in [0.2, 0.25) is 0 Å². The van der Waals surface area contributed by atoms with Crippen LogP contribution in [0.1, 0.15) is 23.2 Å². The standard InChI is InChI=1S/C25H21F5N6O/c1-15-12-35(14-33-15)23-8-6-16(9-20(23)27)21(34-31)11-32-10-17-5-7-18-19(26)3-2-4-22(18)36(24(17)37)13-25(28,29)30/h2-4,6,8-12,14,17,31H,5,7,13H2,1H3/b21-11-,32-10?,34-31?. The molecule has 4 rings (SSSR count). The number of aryl methyl sites for hydroxylation is 1. The van der Waals surface area contributed by atoms with Crippen LogP contribution < -0.4 is 4.90 Å². The summed E-state index contributed by atoms with van der Waals surface area (Å²) in [5, 5.41) is 3.35. The number of benzene rings is 2. The van der Waals surface area contributed by atoms with Crippen LogP contribution in [0.4, 0.5) is 27.6 Å². The Balaban J connectivity index is 1.59. The molecule has 1 aliphatic rings. The van der Waals surface area contributed by atoms with Crippen LogP contribution in [-0.2, 0) is 11.2 Å². The molecule has 2 aromatic carbocycles. The SMILES string of the molecule is Cc1cn(-c2ccc(/C(=C/N=CC3CCc4c(F)cccc4N(CC(F)(F)F)C3=O)N=N)cc2F)cn1. The van der Waals surface area contributed by atoms with Gasteiger partial charge < -0.3 is 9.47 Å². The maximum atomic E-state index is 14.7. The van der Waals surface area contributed by atoms with Crippen molar-refractivity contribution < 1.29 is 26.7 Å². The number of anilines is 1. The third kappa shape index (κ3) is 5.79. The van der Waals surface area contributed by atoms with E-state index in [1.807, 2.05) is 0 Å². The van der Waals surface area contributed by atoms with E-state index in [9.17, 15) is 26.7 Å². The van der Waals surface area contributed by atoms with E-state index in [-0.39, 0.29) is 41.0 Å². The summed E-state index contributed by atoms with van der Waals surface area (Å²) < 4.78 is 70.2. The predicted molar refractivity (Wildman–Crippen MR) is 126 cm³/mol. The number of halogens is 5. The lowest BCUT2D eigenvalue weighted by Crippen LogP contribution is -2.42. The molecule has 0 saturated carbocycles. The molecule has 1 atom stereocenters. The zero-order valence-corrected chi connectivity index (χ0v) is 19.5. The number of fused-ring (bicyclic) bond motifs is 1. The van der Waals surface area contributed by atoms with E-state index >= 15 is 0 Å². The summed E-state index contributed by atoms with van der Waals surface area (Å²) in [5.74, 6) is -3.26. The Kier molecular flexibility index (Phi) is 7.28. The molecular weight excluding hydrogens is 495 g/mol. The Bertz CT molecular complexity index is 1390. The Labute approximate surface area is 208 Å². The van der Waals surface area contributed by atoms with Crippen LogP contribution in [0.3, 0.4) is 0 Å². The smallest absolute Gasteiger partial charge is 0.303 e. The fourth-order valence-electron chi connectivity index (χ4n) is 4.08. The number of alkyl halides is 3. The van der Waals surface area contributed by atoms with Gasteiger partial charge >= 0.3 is 6.18 Å². The minimum atomic E-state index is -4.70. The maximum absolute atomic E-state index is 14.7. The molecule has 1 aliphatic heterocycles. The second-order valence-corrected chi connectivity index (χ2v) is 8.44. The van der Waals surface area contributed by atoms with Gasteiger partial charge in [-0.05, 0) is 44.0 Å². The molecule has 12 heteroatoms. The Morgan fingerprint density at radius 2 is 1.97 bits per heavy atom. The Morgan fingerprint density at radius 3 is 2.62 bits per heavy atom. The number of aromatic nitrogens is 2. The third-order valence-electron chi connectivity index (χ3n) is 5.83. The molecule has 3 aromatic rings. The lowest BCUT2D eigenvalue weighted by atomic mass is 10.0. The van der Waals surface area contributed by atoms with Crippen LogP contribution in [0.5, 0.6) is 0 Å². The molecular formula is C25H21F5N6O. The van der Waals surface area contributed by atoms with E-state index in [1.54, 1.807) is 13.1 Å². The highest BCUT2D eigenvalue weighted by molar-refractivity contribution is 6.04. The van der Waals surface area contributed by atoms with Crippen molar-refractivity contribution in [2.45, 2.75) is 25.9 Å². The lowest BCUT2D eigenvalue weighted by molar-refractivity contribution is -0.133. The first kappa shape index (κ1) is 25.9. The molecule has 192 valence electrons. The average molecular weight is 516 g/mol. The fraction of sp³-hybridized carbons (Fsp3) is 0.240. The number of aliphatic imine (C=N–C) groups is 1. The summed E-state index contributed by atoms with van der Waals surface area (Å²) in [6.45, 7) is 0.189. The van der Waals surface area contributed by atoms with E-state index in [0.717, 1.165) is 24.5 Å². The minimum Gasteiger partial charge on any atom is -0.303 e. The maximum Gasteiger partial charge on any atom is 0.406 e. The second kappa shape index (κ2) is 10.4. The highest BCUT2D eigenvalue weighted by Gasteiger charge is 2.38. The number of nitrogens with one attached hydrogen (secondary N) is 1. The first-order chi connectivity index (χ1) is 17.6. The molecule has 0 spiro atoms. The number of amides is 1. The molecule has 2 heterocycles. The van der Waals surface area contributed by atoms with Crippen molar-refractivity contribution in [1.29, 1.82) is 5.53 Å². The molecule has 0 aliphatic carbocycles. The molecule has 1 unspecified atom stereocenters. The number of carbonyl (C=O) groups excluding carboxylic acids is 1. The Hall–Kier alpha value is -4.22. The number of nitrogens with zero attached hydrogens (tertiary/aromatic N) is 5. The number of hydrogen-bond acceptors (Lipinski definition) is 5. The molecule has 37 heavy (non-hydrogen) atoms. The molecule has 0 fully saturated rings. The van der Waals surface area contributed by atoms with Crippen molar-refractivity contribution in [3.05, 3.63) is 83.6 Å². The molecule has 7 nitrogen and oxygen atoms in total. The highest BCUT2D eigenvalue weighted by Crippen LogP contribution is 2.33. The number of carbonyl (C=O) groups is 1. The quantitative estimate of drug-likeness (QED) is 0.247. The van der Waals surface area contributed by atoms with Gasteiger partial charge in [-0.2, -0.15) is 18.3 Å². The van der Waals surface area contributed by atoms with Gasteiger partial charge in [0.25, 0.3) is 0 Å². The molecule has 1 amide bonds. The second-order valence-electron chi connectivity index (χ2n) is 8.44. The summed E-state index contributed by atoms with van der Waals surface area (Å²) in [7, 11) is 0. The van der Waals surface area contributed by atoms with Crippen molar-refractivity contribution in [3.8, 4) is 5.69 Å². The third-order valence-corrected chi connectivity index (χ3v) is 5.83. The van der Waals surface area contributed by atoms with Crippen molar-refractivity contribution in [2.75, 3.05) is 11.4 Å². The van der Waals surface area contributed by atoms with Crippen molar-refractivity contribution >= 4 is 23.5 Å². The van der Waals surface area contributed by atoms with Gasteiger partial charge in [0.15, 0.2) is 0 Å². The summed E-state index contributed by atoms with van der Waals surface area (Å²) >= 11 is 0. The van der Waals surface area contributed by atoms with E-state index in [4.69, 9.17) is 5.53 Å². The van der Waals surface area contributed by atoms with Crippen molar-refractivity contribution in [2.24, 2.45) is 16.0 Å². The molecule has 0 saturated heterocycles. The van der Waals surface area contributed by atoms with Crippen LogP contribution in [-0.4, -0.2) is 34.4 Å². The van der Waals surface area contributed by atoms with Gasteiger partial charge in [-0.25, -0.2) is 19.3 Å². The van der Waals surface area contributed by atoms with Gasteiger partial charge in [0.2, 0.25) is 5.91 Å². The van der Waals surface area contributed by atoms with Crippen molar-refractivity contribution in [1.82, 2.24) is 9.55 Å². The van der Waals surface area contributed by atoms with Gasteiger partial charge in [0.05, 0.1) is 35.5 Å². The van der Waals surface area contributed by atoms with E-state index in [0.29, 0.717) is 10.6 Å². The summed E-state index contributed by atoms with van der Waals surface area (Å²) in [6, 6.07) is 7.82. The molecule has 0 bridgehead atoms. The predicted octanol–water partition coefficient (Wildman–Crippen LogP) is 6.02. The molecule has 0 radical (unpaired) electrons. The lowest BCUT2D eigenvalue weighted by Gasteiger charge is -2.25.